The summed E-state index contributed by atoms with van der Waals surface area (Å²) in [5, 5.41) is 4.19. The summed E-state index contributed by atoms with van der Waals surface area (Å²) in [6.07, 6.45) is 8.20. The van der Waals surface area contributed by atoms with Gasteiger partial charge in [-0.15, -0.1) is 0 Å². The number of anilines is 1. The molecule has 3 aliphatic rings. The molecule has 20 heavy (non-hydrogen) atoms. The molecule has 3 atom stereocenters. The predicted molar refractivity (Wildman–Crippen MR) is 81.2 cm³/mol. The van der Waals surface area contributed by atoms with E-state index in [4.69, 9.17) is 16.6 Å². The van der Waals surface area contributed by atoms with Crippen LogP contribution in [-0.2, 0) is 0 Å². The number of nitrogens with zero attached hydrogens (tertiary/aromatic N) is 2. The summed E-state index contributed by atoms with van der Waals surface area (Å²) >= 11 is 6.26. The minimum Gasteiger partial charge on any atom is -0.369 e. The molecular weight excluding hydrogens is 270 g/mol. The highest BCUT2D eigenvalue weighted by molar-refractivity contribution is 6.30. The van der Waals surface area contributed by atoms with Crippen LogP contribution in [0.4, 0.5) is 5.82 Å². The van der Waals surface area contributed by atoms with E-state index in [1.807, 2.05) is 6.92 Å². The third kappa shape index (κ3) is 2.30. The summed E-state index contributed by atoms with van der Waals surface area (Å²) in [6.45, 7) is 3.07. The minimum absolute atomic E-state index is 0.552. The number of hydrogen-bond acceptors (Lipinski definition) is 3. The van der Waals surface area contributed by atoms with Gasteiger partial charge >= 0.3 is 0 Å². The lowest BCUT2D eigenvalue weighted by Gasteiger charge is -2.22. The second-order valence-corrected chi connectivity index (χ2v) is 7.29. The fraction of sp³-hybridized carbons (Fsp3) is 0.750. The first-order valence-electron chi connectivity index (χ1n) is 7.98. The SMILES string of the molecule is Cc1c(Cl)nc(C2CC2)nc1NCC1CC2CCC1C2. The second kappa shape index (κ2) is 4.87. The van der Waals surface area contributed by atoms with E-state index in [1.165, 1.54) is 38.5 Å². The molecule has 1 heterocycles. The van der Waals surface area contributed by atoms with E-state index in [-0.39, 0.29) is 0 Å². The lowest BCUT2D eigenvalue weighted by Crippen LogP contribution is -2.21. The van der Waals surface area contributed by atoms with Gasteiger partial charge < -0.3 is 5.32 Å². The van der Waals surface area contributed by atoms with Gasteiger partial charge in [0.05, 0.1) is 0 Å². The van der Waals surface area contributed by atoms with Crippen molar-refractivity contribution in [3.8, 4) is 0 Å². The fourth-order valence-electron chi connectivity index (χ4n) is 4.06. The number of fused-ring (bicyclic) bond motifs is 2. The average Bonchev–Trinajstić information content (AvgIpc) is 3.09. The molecule has 1 aromatic rings. The molecule has 3 aliphatic carbocycles. The molecule has 3 saturated carbocycles. The van der Waals surface area contributed by atoms with Gasteiger partial charge in [-0.05, 0) is 56.8 Å². The molecular formula is C16H22ClN3. The van der Waals surface area contributed by atoms with Crippen LogP contribution in [0.5, 0.6) is 0 Å². The number of nitrogens with one attached hydrogen (secondary N) is 1. The van der Waals surface area contributed by atoms with E-state index in [1.54, 1.807) is 0 Å². The van der Waals surface area contributed by atoms with Crippen molar-refractivity contribution in [2.24, 2.45) is 17.8 Å². The monoisotopic (exact) mass is 291 g/mol. The molecule has 0 saturated heterocycles. The Kier molecular flexibility index (Phi) is 3.13. The van der Waals surface area contributed by atoms with E-state index in [0.29, 0.717) is 11.1 Å². The van der Waals surface area contributed by atoms with E-state index in [2.05, 4.69) is 10.3 Å². The van der Waals surface area contributed by atoms with Gasteiger partial charge in [-0.1, -0.05) is 18.0 Å². The molecule has 108 valence electrons. The quantitative estimate of drug-likeness (QED) is 0.846. The van der Waals surface area contributed by atoms with Crippen LogP contribution in [0.15, 0.2) is 0 Å². The van der Waals surface area contributed by atoms with Gasteiger partial charge in [-0.2, -0.15) is 0 Å². The Balaban J connectivity index is 1.47. The third-order valence-corrected chi connectivity index (χ3v) is 5.83. The fourth-order valence-corrected chi connectivity index (χ4v) is 4.23. The average molecular weight is 292 g/mol. The van der Waals surface area contributed by atoms with Gasteiger partial charge in [-0.25, -0.2) is 9.97 Å². The Hall–Kier alpha value is -0.830. The summed E-state index contributed by atoms with van der Waals surface area (Å²) in [5.41, 5.74) is 0.999. The van der Waals surface area contributed by atoms with Gasteiger partial charge in [-0.3, -0.25) is 0 Å². The zero-order chi connectivity index (χ0) is 13.7. The molecule has 1 N–H and O–H groups in total. The van der Waals surface area contributed by atoms with Crippen molar-refractivity contribution in [1.82, 2.24) is 9.97 Å². The van der Waals surface area contributed by atoms with Crippen molar-refractivity contribution in [2.75, 3.05) is 11.9 Å². The van der Waals surface area contributed by atoms with Crippen LogP contribution in [0, 0.1) is 24.7 Å². The molecule has 3 fully saturated rings. The number of halogens is 1. The number of rotatable bonds is 4. The zero-order valence-electron chi connectivity index (χ0n) is 12.0. The summed E-state index contributed by atoms with van der Waals surface area (Å²) in [7, 11) is 0. The van der Waals surface area contributed by atoms with Gasteiger partial charge in [0.1, 0.15) is 16.8 Å². The van der Waals surface area contributed by atoms with E-state index in [0.717, 1.165) is 41.5 Å². The molecule has 1 aromatic heterocycles. The maximum absolute atomic E-state index is 6.26. The van der Waals surface area contributed by atoms with Crippen molar-refractivity contribution in [2.45, 2.75) is 51.4 Å². The van der Waals surface area contributed by atoms with Crippen LogP contribution >= 0.6 is 11.6 Å². The van der Waals surface area contributed by atoms with Crippen LogP contribution in [0.3, 0.4) is 0 Å². The van der Waals surface area contributed by atoms with Crippen molar-refractivity contribution in [3.05, 3.63) is 16.5 Å². The molecule has 0 amide bonds. The molecule has 4 heteroatoms. The largest absolute Gasteiger partial charge is 0.369 e. The van der Waals surface area contributed by atoms with Crippen LogP contribution in [-0.4, -0.2) is 16.5 Å². The molecule has 3 nitrogen and oxygen atoms in total. The summed E-state index contributed by atoms with van der Waals surface area (Å²) in [5.74, 6) is 5.25. The first-order chi connectivity index (χ1) is 9.70. The smallest absolute Gasteiger partial charge is 0.137 e. The van der Waals surface area contributed by atoms with Crippen LogP contribution in [0.2, 0.25) is 5.15 Å². The van der Waals surface area contributed by atoms with Crippen molar-refractivity contribution in [1.29, 1.82) is 0 Å². The lowest BCUT2D eigenvalue weighted by molar-refractivity contribution is 0.348. The molecule has 3 unspecified atom stereocenters. The van der Waals surface area contributed by atoms with Crippen LogP contribution in [0.1, 0.15) is 55.8 Å². The van der Waals surface area contributed by atoms with Crippen LogP contribution < -0.4 is 5.32 Å². The standard InChI is InChI=1S/C16H22ClN3/c1-9-14(17)19-16(11-4-5-11)20-15(9)18-8-13-7-10-2-3-12(13)6-10/h10-13H,2-8H2,1H3,(H,18,19,20). The van der Waals surface area contributed by atoms with Crippen LogP contribution in [0.25, 0.3) is 0 Å². The highest BCUT2D eigenvalue weighted by Crippen LogP contribution is 2.48. The maximum atomic E-state index is 6.26. The highest BCUT2D eigenvalue weighted by Gasteiger charge is 2.39. The van der Waals surface area contributed by atoms with Gasteiger partial charge in [0.15, 0.2) is 0 Å². The summed E-state index contributed by atoms with van der Waals surface area (Å²) < 4.78 is 0. The van der Waals surface area contributed by atoms with Gasteiger partial charge in [0.25, 0.3) is 0 Å². The molecule has 4 rings (SSSR count). The van der Waals surface area contributed by atoms with E-state index < -0.39 is 0 Å². The van der Waals surface area contributed by atoms with Crippen molar-refractivity contribution < 1.29 is 0 Å². The summed E-state index contributed by atoms with van der Waals surface area (Å²) in [4.78, 5) is 9.14. The summed E-state index contributed by atoms with van der Waals surface area (Å²) in [6, 6.07) is 0. The normalized spacial score (nSPS) is 31.8. The van der Waals surface area contributed by atoms with E-state index >= 15 is 0 Å². The molecule has 0 aromatic carbocycles. The lowest BCUT2D eigenvalue weighted by atomic mass is 9.89. The minimum atomic E-state index is 0.552. The highest BCUT2D eigenvalue weighted by atomic mass is 35.5. The topological polar surface area (TPSA) is 37.8 Å². The molecule has 2 bridgehead atoms. The Morgan fingerprint density at radius 2 is 2.00 bits per heavy atom. The van der Waals surface area contributed by atoms with Crippen molar-refractivity contribution in [3.63, 3.8) is 0 Å². The number of aromatic nitrogens is 2. The Labute approximate surface area is 125 Å². The Morgan fingerprint density at radius 1 is 1.15 bits per heavy atom. The van der Waals surface area contributed by atoms with Crippen molar-refractivity contribution >= 4 is 17.4 Å². The van der Waals surface area contributed by atoms with Gasteiger partial charge in [0.2, 0.25) is 0 Å². The molecule has 0 spiro atoms. The van der Waals surface area contributed by atoms with Gasteiger partial charge in [0, 0.05) is 18.0 Å². The zero-order valence-corrected chi connectivity index (χ0v) is 12.8. The first-order valence-corrected chi connectivity index (χ1v) is 8.36. The Bertz CT molecular complexity index is 527. The number of hydrogen-bond donors (Lipinski definition) is 1. The van der Waals surface area contributed by atoms with E-state index in [9.17, 15) is 0 Å². The third-order valence-electron chi connectivity index (χ3n) is 5.46. The first kappa shape index (κ1) is 12.9. The Morgan fingerprint density at radius 3 is 2.65 bits per heavy atom. The second-order valence-electron chi connectivity index (χ2n) is 6.94. The molecule has 0 radical (unpaired) electrons. The molecule has 0 aliphatic heterocycles. The predicted octanol–water partition coefficient (Wildman–Crippen LogP) is 4.16. The maximum Gasteiger partial charge on any atom is 0.137 e.